The number of fused-ring (bicyclic) bond motifs is 1. The summed E-state index contributed by atoms with van der Waals surface area (Å²) in [5.74, 6) is 1.12. The van der Waals surface area contributed by atoms with Crippen LogP contribution in [-0.4, -0.2) is 18.2 Å². The summed E-state index contributed by atoms with van der Waals surface area (Å²) in [5.41, 5.74) is 1.22. The van der Waals surface area contributed by atoms with Crippen LogP contribution >= 0.6 is 0 Å². The number of hydrogen-bond acceptors (Lipinski definition) is 4. The van der Waals surface area contributed by atoms with Crippen LogP contribution in [0, 0.1) is 11.3 Å². The van der Waals surface area contributed by atoms with Crippen LogP contribution in [0.25, 0.3) is 10.9 Å². The lowest BCUT2D eigenvalue weighted by atomic mass is 10.1. The predicted molar refractivity (Wildman–Crippen MR) is 68.8 cm³/mol. The van der Waals surface area contributed by atoms with Crippen molar-refractivity contribution in [3.63, 3.8) is 0 Å². The van der Waals surface area contributed by atoms with Crippen LogP contribution in [0.2, 0.25) is 0 Å². The van der Waals surface area contributed by atoms with Crippen LogP contribution in [0.15, 0.2) is 24.3 Å². The maximum atomic E-state index is 9.12. The second-order valence-electron chi connectivity index (χ2n) is 4.18. The highest BCUT2D eigenvalue weighted by atomic mass is 16.5. The normalized spacial score (nSPS) is 10.4. The number of rotatable bonds is 3. The number of hydrogen-bond donors (Lipinski definition) is 0. The first-order chi connectivity index (χ1) is 8.63. The van der Waals surface area contributed by atoms with Gasteiger partial charge < -0.3 is 9.47 Å². The van der Waals surface area contributed by atoms with Gasteiger partial charge in [0, 0.05) is 5.39 Å². The summed E-state index contributed by atoms with van der Waals surface area (Å²) in [7, 11) is 1.61. The number of ether oxygens (including phenoxy) is 2. The minimum absolute atomic E-state index is 0.0136. The van der Waals surface area contributed by atoms with Crippen LogP contribution in [0.1, 0.15) is 19.4 Å². The zero-order valence-corrected chi connectivity index (χ0v) is 10.6. The van der Waals surface area contributed by atoms with E-state index >= 15 is 0 Å². The first-order valence-corrected chi connectivity index (χ1v) is 5.69. The molecule has 0 aliphatic carbocycles. The van der Waals surface area contributed by atoms with E-state index < -0.39 is 0 Å². The molecule has 0 saturated carbocycles. The lowest BCUT2D eigenvalue weighted by molar-refractivity contribution is 0.233. The largest absolute Gasteiger partial charge is 0.497 e. The number of pyridine rings is 1. The van der Waals surface area contributed by atoms with Gasteiger partial charge in [0.2, 0.25) is 5.88 Å². The van der Waals surface area contributed by atoms with Crippen molar-refractivity contribution in [2.45, 2.75) is 20.0 Å². The van der Waals surface area contributed by atoms with Crippen molar-refractivity contribution in [1.29, 1.82) is 5.26 Å². The topological polar surface area (TPSA) is 55.1 Å². The molecule has 0 radical (unpaired) electrons. The van der Waals surface area contributed by atoms with Gasteiger partial charge in [-0.05, 0) is 38.1 Å². The number of methoxy groups -OCH3 is 1. The van der Waals surface area contributed by atoms with Crippen molar-refractivity contribution >= 4 is 10.9 Å². The Labute approximate surface area is 106 Å². The van der Waals surface area contributed by atoms with Crippen molar-refractivity contribution in [1.82, 2.24) is 4.98 Å². The van der Waals surface area contributed by atoms with E-state index in [4.69, 9.17) is 14.7 Å². The molecule has 2 rings (SSSR count). The van der Waals surface area contributed by atoms with Crippen LogP contribution in [0.4, 0.5) is 0 Å². The summed E-state index contributed by atoms with van der Waals surface area (Å²) in [6.07, 6.45) is -0.0136. The summed E-state index contributed by atoms with van der Waals surface area (Å²) in [4.78, 5) is 4.36. The molecule has 1 aromatic heterocycles. The molecule has 2 aromatic rings. The third-order valence-corrected chi connectivity index (χ3v) is 2.45. The average molecular weight is 242 g/mol. The summed E-state index contributed by atoms with van der Waals surface area (Å²) in [6.45, 7) is 3.81. The summed E-state index contributed by atoms with van der Waals surface area (Å²) < 4.78 is 10.7. The predicted octanol–water partition coefficient (Wildman–Crippen LogP) is 2.90. The molecule has 4 heteroatoms. The first-order valence-electron chi connectivity index (χ1n) is 5.69. The minimum atomic E-state index is -0.0136. The fourth-order valence-electron chi connectivity index (χ4n) is 1.66. The van der Waals surface area contributed by atoms with Crippen molar-refractivity contribution in [2.75, 3.05) is 7.11 Å². The van der Waals surface area contributed by atoms with Gasteiger partial charge in [0.05, 0.1) is 18.7 Å². The molecule has 0 spiro atoms. The zero-order valence-electron chi connectivity index (χ0n) is 10.6. The second-order valence-corrected chi connectivity index (χ2v) is 4.18. The molecular weight excluding hydrogens is 228 g/mol. The molecule has 1 heterocycles. The Morgan fingerprint density at radius 3 is 2.67 bits per heavy atom. The Kier molecular flexibility index (Phi) is 3.33. The maximum absolute atomic E-state index is 9.12. The summed E-state index contributed by atoms with van der Waals surface area (Å²) >= 11 is 0. The molecule has 0 aliphatic heterocycles. The minimum Gasteiger partial charge on any atom is -0.497 e. The van der Waals surface area contributed by atoms with Gasteiger partial charge in [-0.3, -0.25) is 0 Å². The van der Waals surface area contributed by atoms with E-state index in [1.165, 1.54) is 0 Å². The van der Waals surface area contributed by atoms with Gasteiger partial charge in [0.25, 0.3) is 0 Å². The Balaban J connectivity index is 2.58. The van der Waals surface area contributed by atoms with E-state index in [0.717, 1.165) is 16.7 Å². The summed E-state index contributed by atoms with van der Waals surface area (Å²) in [5, 5.41) is 9.98. The third-order valence-electron chi connectivity index (χ3n) is 2.45. The Morgan fingerprint density at radius 1 is 1.28 bits per heavy atom. The lowest BCUT2D eigenvalue weighted by Crippen LogP contribution is -2.08. The van der Waals surface area contributed by atoms with E-state index in [2.05, 4.69) is 11.1 Å². The number of aromatic nitrogens is 1. The van der Waals surface area contributed by atoms with Gasteiger partial charge in [0.1, 0.15) is 17.4 Å². The van der Waals surface area contributed by atoms with E-state index in [9.17, 15) is 0 Å². The molecule has 0 saturated heterocycles. The zero-order chi connectivity index (χ0) is 13.1. The molecule has 0 N–H and O–H groups in total. The van der Waals surface area contributed by atoms with Crippen LogP contribution in [0.3, 0.4) is 0 Å². The number of nitrogens with zero attached hydrogens (tertiary/aromatic N) is 2. The first kappa shape index (κ1) is 12.2. The van der Waals surface area contributed by atoms with Crippen molar-refractivity contribution in [2.24, 2.45) is 0 Å². The van der Waals surface area contributed by atoms with E-state index in [-0.39, 0.29) is 6.10 Å². The molecule has 18 heavy (non-hydrogen) atoms. The smallest absolute Gasteiger partial charge is 0.232 e. The van der Waals surface area contributed by atoms with E-state index in [1.807, 2.05) is 32.0 Å². The fourth-order valence-corrected chi connectivity index (χ4v) is 1.66. The average Bonchev–Trinajstić information content (AvgIpc) is 2.36. The Bertz CT molecular complexity index is 615. The van der Waals surface area contributed by atoms with Gasteiger partial charge in [-0.2, -0.15) is 5.26 Å². The standard InChI is InChI=1S/C14H14N2O2/c1-9(2)18-14-11(8-15)6-10-7-12(17-3)4-5-13(10)16-14/h4-7,9H,1-3H3. The van der Waals surface area contributed by atoms with Gasteiger partial charge in [-0.25, -0.2) is 4.98 Å². The molecule has 92 valence electrons. The molecule has 0 bridgehead atoms. The second kappa shape index (κ2) is 4.92. The monoisotopic (exact) mass is 242 g/mol. The molecule has 4 nitrogen and oxygen atoms in total. The maximum Gasteiger partial charge on any atom is 0.232 e. The molecule has 0 unspecified atom stereocenters. The molecule has 0 aliphatic rings. The van der Waals surface area contributed by atoms with Gasteiger partial charge >= 0.3 is 0 Å². The van der Waals surface area contributed by atoms with Crippen molar-refractivity contribution in [3.8, 4) is 17.7 Å². The summed E-state index contributed by atoms with van der Waals surface area (Å²) in [6, 6.07) is 9.40. The quantitative estimate of drug-likeness (QED) is 0.830. The van der Waals surface area contributed by atoms with E-state index in [1.54, 1.807) is 13.2 Å². The third kappa shape index (κ3) is 2.35. The van der Waals surface area contributed by atoms with Crippen LogP contribution < -0.4 is 9.47 Å². The highest BCUT2D eigenvalue weighted by molar-refractivity contribution is 5.82. The Morgan fingerprint density at radius 2 is 2.06 bits per heavy atom. The van der Waals surface area contributed by atoms with Gasteiger partial charge in [0.15, 0.2) is 0 Å². The number of nitriles is 1. The highest BCUT2D eigenvalue weighted by Crippen LogP contribution is 2.25. The van der Waals surface area contributed by atoms with Gasteiger partial charge in [-0.15, -0.1) is 0 Å². The molecule has 0 fully saturated rings. The lowest BCUT2D eigenvalue weighted by Gasteiger charge is -2.11. The highest BCUT2D eigenvalue weighted by Gasteiger charge is 2.10. The number of benzene rings is 1. The van der Waals surface area contributed by atoms with E-state index in [0.29, 0.717) is 11.4 Å². The molecular formula is C14H14N2O2. The van der Waals surface area contributed by atoms with Crippen LogP contribution in [-0.2, 0) is 0 Å². The molecule has 1 aromatic carbocycles. The van der Waals surface area contributed by atoms with Crippen LogP contribution in [0.5, 0.6) is 11.6 Å². The Hall–Kier alpha value is -2.28. The molecule has 0 amide bonds. The fraction of sp³-hybridized carbons (Fsp3) is 0.286. The SMILES string of the molecule is COc1ccc2nc(OC(C)C)c(C#N)cc2c1. The molecule has 0 atom stereocenters. The van der Waals surface area contributed by atoms with Crippen molar-refractivity contribution < 1.29 is 9.47 Å². The van der Waals surface area contributed by atoms with Crippen molar-refractivity contribution in [3.05, 3.63) is 29.8 Å². The van der Waals surface area contributed by atoms with Gasteiger partial charge in [-0.1, -0.05) is 0 Å².